The van der Waals surface area contributed by atoms with Crippen molar-refractivity contribution in [2.45, 2.75) is 13.3 Å². The van der Waals surface area contributed by atoms with Crippen molar-refractivity contribution >= 4 is 5.78 Å². The van der Waals surface area contributed by atoms with Crippen molar-refractivity contribution < 1.29 is 13.6 Å². The maximum absolute atomic E-state index is 12.9. The van der Waals surface area contributed by atoms with E-state index in [2.05, 4.69) is 4.98 Å². The highest BCUT2D eigenvalue weighted by Gasteiger charge is 2.19. The topological polar surface area (TPSA) is 30.0 Å². The Bertz CT molecular complexity index is 567. The third kappa shape index (κ3) is 2.42. The number of ketones is 1. The van der Waals surface area contributed by atoms with Crippen LogP contribution in [0.4, 0.5) is 8.78 Å². The van der Waals surface area contributed by atoms with Gasteiger partial charge in [-0.15, -0.1) is 0 Å². The van der Waals surface area contributed by atoms with Crippen LogP contribution in [-0.2, 0) is 0 Å². The Hall–Kier alpha value is -2.10. The molecule has 2 nitrogen and oxygen atoms in total. The fourth-order valence-electron chi connectivity index (χ4n) is 1.71. The number of benzene rings is 1. The SMILES string of the molecule is Cc1ccc(C(F)F)c(C(=O)c2cccnc2)c1. The molecule has 0 N–H and O–H groups in total. The van der Waals surface area contributed by atoms with E-state index in [1.165, 1.54) is 24.5 Å². The van der Waals surface area contributed by atoms with Gasteiger partial charge in [0.05, 0.1) is 0 Å². The van der Waals surface area contributed by atoms with E-state index in [0.717, 1.165) is 5.56 Å². The number of rotatable bonds is 3. The lowest BCUT2D eigenvalue weighted by Crippen LogP contribution is -2.06. The Morgan fingerprint density at radius 3 is 2.67 bits per heavy atom. The minimum absolute atomic E-state index is 0.0398. The van der Waals surface area contributed by atoms with E-state index in [4.69, 9.17) is 0 Å². The summed E-state index contributed by atoms with van der Waals surface area (Å²) >= 11 is 0. The average Bonchev–Trinajstić information content (AvgIpc) is 2.38. The third-order valence-corrected chi connectivity index (χ3v) is 2.61. The molecular formula is C14H11F2NO. The van der Waals surface area contributed by atoms with Gasteiger partial charge in [-0.2, -0.15) is 0 Å². The highest BCUT2D eigenvalue weighted by atomic mass is 19.3. The number of alkyl halides is 2. The van der Waals surface area contributed by atoms with E-state index < -0.39 is 12.2 Å². The fourth-order valence-corrected chi connectivity index (χ4v) is 1.71. The maximum atomic E-state index is 12.9. The summed E-state index contributed by atoms with van der Waals surface area (Å²) in [4.78, 5) is 16.0. The fraction of sp³-hybridized carbons (Fsp3) is 0.143. The number of halogens is 2. The van der Waals surface area contributed by atoms with Crippen LogP contribution in [-0.4, -0.2) is 10.8 Å². The first-order chi connectivity index (χ1) is 8.59. The van der Waals surface area contributed by atoms with Gasteiger partial charge in [0, 0.05) is 29.1 Å². The molecule has 0 fully saturated rings. The third-order valence-electron chi connectivity index (χ3n) is 2.61. The maximum Gasteiger partial charge on any atom is 0.264 e. The number of hydrogen-bond donors (Lipinski definition) is 0. The van der Waals surface area contributed by atoms with E-state index in [9.17, 15) is 13.6 Å². The molecule has 4 heteroatoms. The summed E-state index contributed by atoms with van der Waals surface area (Å²) in [7, 11) is 0. The molecule has 0 unspecified atom stereocenters. The Morgan fingerprint density at radius 2 is 2.06 bits per heavy atom. The van der Waals surface area contributed by atoms with Crippen molar-refractivity contribution in [2.75, 3.05) is 0 Å². The van der Waals surface area contributed by atoms with Crippen LogP contribution in [0.15, 0.2) is 42.7 Å². The highest BCUT2D eigenvalue weighted by Crippen LogP contribution is 2.25. The lowest BCUT2D eigenvalue weighted by Gasteiger charge is -2.08. The first kappa shape index (κ1) is 12.4. The zero-order chi connectivity index (χ0) is 13.1. The van der Waals surface area contributed by atoms with Gasteiger partial charge in [-0.1, -0.05) is 17.7 Å². The molecule has 0 aliphatic rings. The molecule has 18 heavy (non-hydrogen) atoms. The molecule has 92 valence electrons. The van der Waals surface area contributed by atoms with Gasteiger partial charge < -0.3 is 0 Å². The lowest BCUT2D eigenvalue weighted by molar-refractivity contribution is 0.102. The van der Waals surface area contributed by atoms with Crippen LogP contribution in [0.3, 0.4) is 0 Å². The summed E-state index contributed by atoms with van der Waals surface area (Å²) in [6.07, 6.45) is 0.238. The quantitative estimate of drug-likeness (QED) is 0.776. The molecule has 0 amide bonds. The van der Waals surface area contributed by atoms with E-state index in [0.29, 0.717) is 5.56 Å². The van der Waals surface area contributed by atoms with Crippen LogP contribution in [0, 0.1) is 6.92 Å². The van der Waals surface area contributed by atoms with E-state index in [1.807, 2.05) is 0 Å². The minimum atomic E-state index is -2.67. The second-order valence-electron chi connectivity index (χ2n) is 3.96. The molecule has 1 aromatic heterocycles. The van der Waals surface area contributed by atoms with Crippen LogP contribution >= 0.6 is 0 Å². The smallest absolute Gasteiger partial charge is 0.264 e. The normalized spacial score (nSPS) is 10.7. The number of hydrogen-bond acceptors (Lipinski definition) is 2. The summed E-state index contributed by atoms with van der Waals surface area (Å²) in [5, 5.41) is 0. The molecule has 1 heterocycles. The van der Waals surface area contributed by atoms with Crippen molar-refractivity contribution in [1.29, 1.82) is 0 Å². The van der Waals surface area contributed by atoms with E-state index >= 15 is 0 Å². The monoisotopic (exact) mass is 247 g/mol. The van der Waals surface area contributed by atoms with Gasteiger partial charge in [0.1, 0.15) is 0 Å². The van der Waals surface area contributed by atoms with Gasteiger partial charge in [-0.3, -0.25) is 9.78 Å². The Labute approximate surface area is 103 Å². The number of aromatic nitrogens is 1. The van der Waals surface area contributed by atoms with Crippen molar-refractivity contribution in [3.05, 3.63) is 65.0 Å². The molecule has 2 rings (SSSR count). The second-order valence-corrected chi connectivity index (χ2v) is 3.96. The standard InChI is InChI=1S/C14H11F2NO/c1-9-4-5-11(14(15)16)12(7-9)13(18)10-3-2-6-17-8-10/h2-8,14H,1H3. The molecule has 0 bridgehead atoms. The van der Waals surface area contributed by atoms with E-state index in [-0.39, 0.29) is 11.1 Å². The molecule has 0 saturated heterocycles. The largest absolute Gasteiger partial charge is 0.289 e. The Balaban J connectivity index is 2.50. The van der Waals surface area contributed by atoms with Gasteiger partial charge in [0.15, 0.2) is 5.78 Å². The van der Waals surface area contributed by atoms with Crippen molar-refractivity contribution in [3.8, 4) is 0 Å². The summed E-state index contributed by atoms with van der Waals surface area (Å²) in [5.74, 6) is -0.429. The van der Waals surface area contributed by atoms with Crippen LogP contribution in [0.5, 0.6) is 0 Å². The molecule has 1 aromatic carbocycles. The van der Waals surface area contributed by atoms with Gasteiger partial charge in [-0.25, -0.2) is 8.78 Å². The van der Waals surface area contributed by atoms with Gasteiger partial charge in [0.2, 0.25) is 0 Å². The predicted molar refractivity (Wildman–Crippen MR) is 63.8 cm³/mol. The number of nitrogens with zero attached hydrogens (tertiary/aromatic N) is 1. The summed E-state index contributed by atoms with van der Waals surface area (Å²) in [6.45, 7) is 1.76. The van der Waals surface area contributed by atoms with Crippen molar-refractivity contribution in [2.24, 2.45) is 0 Å². The molecule has 0 spiro atoms. The Kier molecular flexibility index (Phi) is 3.46. The first-order valence-corrected chi connectivity index (χ1v) is 5.43. The average molecular weight is 247 g/mol. The van der Waals surface area contributed by atoms with Crippen LogP contribution in [0.2, 0.25) is 0 Å². The molecular weight excluding hydrogens is 236 g/mol. The van der Waals surface area contributed by atoms with Crippen LogP contribution in [0.25, 0.3) is 0 Å². The van der Waals surface area contributed by atoms with Crippen molar-refractivity contribution in [3.63, 3.8) is 0 Å². The lowest BCUT2D eigenvalue weighted by atomic mass is 9.97. The van der Waals surface area contributed by atoms with E-state index in [1.54, 1.807) is 25.1 Å². The summed E-state index contributed by atoms with van der Waals surface area (Å²) in [6, 6.07) is 7.51. The number of aryl methyl sites for hydroxylation is 1. The molecule has 0 aliphatic carbocycles. The zero-order valence-corrected chi connectivity index (χ0v) is 9.73. The molecule has 0 atom stereocenters. The molecule has 0 aliphatic heterocycles. The number of pyridine rings is 1. The highest BCUT2D eigenvalue weighted by molar-refractivity contribution is 6.09. The molecule has 0 radical (unpaired) electrons. The van der Waals surface area contributed by atoms with Gasteiger partial charge in [0.25, 0.3) is 6.43 Å². The minimum Gasteiger partial charge on any atom is -0.289 e. The first-order valence-electron chi connectivity index (χ1n) is 5.43. The van der Waals surface area contributed by atoms with Crippen LogP contribution in [0.1, 0.15) is 33.5 Å². The van der Waals surface area contributed by atoms with Crippen LogP contribution < -0.4 is 0 Å². The van der Waals surface area contributed by atoms with Gasteiger partial charge >= 0.3 is 0 Å². The van der Waals surface area contributed by atoms with Gasteiger partial charge in [-0.05, 0) is 25.1 Å². The molecule has 2 aromatic rings. The second kappa shape index (κ2) is 5.04. The summed E-state index contributed by atoms with van der Waals surface area (Å²) < 4.78 is 25.7. The number of carbonyl (C=O) groups excluding carboxylic acids is 1. The summed E-state index contributed by atoms with van der Waals surface area (Å²) in [5.41, 5.74) is 0.879. The Morgan fingerprint density at radius 1 is 1.28 bits per heavy atom. The van der Waals surface area contributed by atoms with Crippen molar-refractivity contribution in [1.82, 2.24) is 4.98 Å². The molecule has 0 saturated carbocycles. The predicted octanol–water partition coefficient (Wildman–Crippen LogP) is 3.56. The number of carbonyl (C=O) groups is 1. The zero-order valence-electron chi connectivity index (χ0n) is 9.73.